The molecule has 0 radical (unpaired) electrons. The molecule has 0 atom stereocenters. The van der Waals surface area contributed by atoms with E-state index >= 15 is 0 Å². The van der Waals surface area contributed by atoms with Crippen molar-refractivity contribution < 1.29 is 9.53 Å². The number of hydrogen-bond donors (Lipinski definition) is 0. The van der Waals surface area contributed by atoms with Gasteiger partial charge >= 0.3 is 0 Å². The molecule has 0 rings (SSSR count). The lowest BCUT2D eigenvalue weighted by atomic mass is 9.89. The Morgan fingerprint density at radius 1 is 0.727 bits per heavy atom. The van der Waals surface area contributed by atoms with E-state index in [1.54, 1.807) is 0 Å². The summed E-state index contributed by atoms with van der Waals surface area (Å²) in [5.41, 5.74) is 0.266. The monoisotopic (exact) mass is 312 g/mol. The van der Waals surface area contributed by atoms with Gasteiger partial charge < -0.3 is 4.74 Å². The molecule has 0 saturated carbocycles. The van der Waals surface area contributed by atoms with E-state index in [1.165, 1.54) is 44.9 Å². The molecule has 22 heavy (non-hydrogen) atoms. The Bertz CT molecular complexity index is 281. The molecule has 132 valence electrons. The van der Waals surface area contributed by atoms with Gasteiger partial charge in [-0.3, -0.25) is 4.79 Å². The van der Waals surface area contributed by atoms with Gasteiger partial charge in [-0.15, -0.1) is 0 Å². The average Bonchev–Trinajstić information content (AvgIpc) is 2.37. The van der Waals surface area contributed by atoms with Crippen LogP contribution in [0.2, 0.25) is 0 Å². The highest BCUT2D eigenvalue weighted by atomic mass is 16.5. The Hall–Kier alpha value is -0.370. The van der Waals surface area contributed by atoms with Gasteiger partial charge in [-0.25, -0.2) is 0 Å². The Balaban J connectivity index is 3.23. The van der Waals surface area contributed by atoms with Crippen molar-refractivity contribution in [1.82, 2.24) is 0 Å². The molecular formula is C20H40O2. The highest BCUT2D eigenvalue weighted by molar-refractivity contribution is 5.83. The second-order valence-electron chi connectivity index (χ2n) is 8.82. The molecule has 0 amide bonds. The van der Waals surface area contributed by atoms with Crippen molar-refractivity contribution in [1.29, 1.82) is 0 Å². The zero-order valence-corrected chi connectivity index (χ0v) is 16.1. The predicted molar refractivity (Wildman–Crippen MR) is 96.3 cm³/mol. The van der Waals surface area contributed by atoms with E-state index in [0.29, 0.717) is 24.2 Å². The molecule has 0 aromatic rings. The molecule has 2 heteroatoms. The zero-order valence-electron chi connectivity index (χ0n) is 16.1. The summed E-state index contributed by atoms with van der Waals surface area (Å²) in [5.74, 6) is 0.294. The first-order chi connectivity index (χ1) is 10.1. The number of ether oxygens (including phenoxy) is 1. The number of Topliss-reactive ketones (excluding diaryl/α,β-unsaturated/α-hetero) is 1. The third kappa shape index (κ3) is 14.6. The van der Waals surface area contributed by atoms with Crippen LogP contribution in [0.15, 0.2) is 0 Å². The van der Waals surface area contributed by atoms with Crippen molar-refractivity contribution in [3.63, 3.8) is 0 Å². The van der Waals surface area contributed by atoms with Crippen LogP contribution < -0.4 is 0 Å². The quantitative estimate of drug-likeness (QED) is 0.402. The molecule has 0 aromatic heterocycles. The van der Waals surface area contributed by atoms with Crippen LogP contribution in [-0.4, -0.2) is 19.0 Å². The summed E-state index contributed by atoms with van der Waals surface area (Å²) in [7, 11) is 0. The number of hydrogen-bond acceptors (Lipinski definition) is 2. The Labute approximate surface area is 139 Å². The van der Waals surface area contributed by atoms with Crippen LogP contribution in [0, 0.1) is 10.8 Å². The topological polar surface area (TPSA) is 26.3 Å². The fraction of sp³-hybridized carbons (Fsp3) is 0.950. The molecule has 0 fully saturated rings. The summed E-state index contributed by atoms with van der Waals surface area (Å²) >= 11 is 0. The summed E-state index contributed by atoms with van der Waals surface area (Å²) in [5, 5.41) is 0. The van der Waals surface area contributed by atoms with Crippen LogP contribution in [0.4, 0.5) is 0 Å². The fourth-order valence-corrected chi connectivity index (χ4v) is 2.39. The van der Waals surface area contributed by atoms with Crippen LogP contribution in [0.5, 0.6) is 0 Å². The molecule has 0 aliphatic heterocycles. The van der Waals surface area contributed by atoms with E-state index in [9.17, 15) is 4.79 Å². The van der Waals surface area contributed by atoms with E-state index < -0.39 is 0 Å². The van der Waals surface area contributed by atoms with Crippen LogP contribution in [-0.2, 0) is 9.53 Å². The standard InChI is InChI=1S/C20H40O2/c1-19(2,3)15-12-10-8-7-9-11-13-16-22-17-14-18(21)20(4,5)6/h7-17H2,1-6H3. The number of unbranched alkanes of at least 4 members (excludes halogenated alkanes) is 6. The van der Waals surface area contributed by atoms with E-state index in [-0.39, 0.29) is 5.41 Å². The summed E-state index contributed by atoms with van der Waals surface area (Å²) < 4.78 is 5.56. The van der Waals surface area contributed by atoms with Gasteiger partial charge in [0.1, 0.15) is 5.78 Å². The Kier molecular flexibility index (Phi) is 11.0. The van der Waals surface area contributed by atoms with Gasteiger partial charge in [-0.2, -0.15) is 0 Å². The molecule has 0 N–H and O–H groups in total. The normalized spacial score (nSPS) is 12.6. The largest absolute Gasteiger partial charge is 0.381 e. The lowest BCUT2D eigenvalue weighted by molar-refractivity contribution is -0.127. The number of ketones is 1. The van der Waals surface area contributed by atoms with Gasteiger partial charge in [0.05, 0.1) is 6.61 Å². The first-order valence-electron chi connectivity index (χ1n) is 9.24. The third-order valence-electron chi connectivity index (χ3n) is 4.03. The molecule has 0 aliphatic carbocycles. The highest BCUT2D eigenvalue weighted by Gasteiger charge is 2.20. The minimum Gasteiger partial charge on any atom is -0.381 e. The summed E-state index contributed by atoms with van der Waals surface area (Å²) in [4.78, 5) is 11.7. The minimum atomic E-state index is -0.226. The zero-order chi connectivity index (χ0) is 17.1. The van der Waals surface area contributed by atoms with E-state index in [0.717, 1.165) is 13.0 Å². The Morgan fingerprint density at radius 2 is 1.23 bits per heavy atom. The van der Waals surface area contributed by atoms with Gasteiger partial charge in [0.15, 0.2) is 0 Å². The van der Waals surface area contributed by atoms with E-state index in [2.05, 4.69) is 20.8 Å². The lowest BCUT2D eigenvalue weighted by Gasteiger charge is -2.17. The van der Waals surface area contributed by atoms with Gasteiger partial charge in [-0.05, 0) is 18.3 Å². The van der Waals surface area contributed by atoms with Crippen molar-refractivity contribution in [3.05, 3.63) is 0 Å². The first kappa shape index (κ1) is 21.6. The minimum absolute atomic E-state index is 0.226. The number of carbonyl (C=O) groups is 1. The second kappa shape index (κ2) is 11.2. The average molecular weight is 313 g/mol. The van der Waals surface area contributed by atoms with Gasteiger partial charge in [-0.1, -0.05) is 80.1 Å². The van der Waals surface area contributed by atoms with E-state index in [1.807, 2.05) is 20.8 Å². The third-order valence-corrected chi connectivity index (χ3v) is 4.03. The van der Waals surface area contributed by atoms with E-state index in [4.69, 9.17) is 4.74 Å². The highest BCUT2D eigenvalue weighted by Crippen LogP contribution is 2.22. The Morgan fingerprint density at radius 3 is 1.73 bits per heavy atom. The maximum Gasteiger partial charge on any atom is 0.140 e. The summed E-state index contributed by atoms with van der Waals surface area (Å²) in [6.07, 6.45) is 11.1. The van der Waals surface area contributed by atoms with Crippen molar-refractivity contribution >= 4 is 5.78 Å². The van der Waals surface area contributed by atoms with Crippen LogP contribution in [0.25, 0.3) is 0 Å². The van der Waals surface area contributed by atoms with Crippen molar-refractivity contribution in [2.24, 2.45) is 10.8 Å². The molecule has 0 unspecified atom stereocenters. The predicted octanol–water partition coefficient (Wildman–Crippen LogP) is 6.18. The lowest BCUT2D eigenvalue weighted by Crippen LogP contribution is -2.21. The van der Waals surface area contributed by atoms with Gasteiger partial charge in [0.25, 0.3) is 0 Å². The maximum absolute atomic E-state index is 11.7. The van der Waals surface area contributed by atoms with Crippen molar-refractivity contribution in [2.45, 2.75) is 99.3 Å². The fourth-order valence-electron chi connectivity index (χ4n) is 2.39. The van der Waals surface area contributed by atoms with Crippen LogP contribution >= 0.6 is 0 Å². The first-order valence-corrected chi connectivity index (χ1v) is 9.24. The summed E-state index contributed by atoms with van der Waals surface area (Å²) in [6, 6.07) is 0. The molecule has 2 nitrogen and oxygen atoms in total. The smallest absolute Gasteiger partial charge is 0.140 e. The number of rotatable bonds is 12. The van der Waals surface area contributed by atoms with Crippen molar-refractivity contribution in [3.8, 4) is 0 Å². The van der Waals surface area contributed by atoms with Gasteiger partial charge in [0, 0.05) is 18.4 Å². The second-order valence-corrected chi connectivity index (χ2v) is 8.82. The molecule has 0 bridgehead atoms. The molecule has 0 aromatic carbocycles. The van der Waals surface area contributed by atoms with Gasteiger partial charge in [0.2, 0.25) is 0 Å². The SMILES string of the molecule is CC(C)(C)CCCCCCCCCOCCC(=O)C(C)(C)C. The molecular weight excluding hydrogens is 272 g/mol. The van der Waals surface area contributed by atoms with Crippen molar-refractivity contribution in [2.75, 3.05) is 13.2 Å². The molecule has 0 aliphatic rings. The molecule has 0 saturated heterocycles. The molecule has 0 heterocycles. The van der Waals surface area contributed by atoms with Crippen LogP contribution in [0.3, 0.4) is 0 Å². The maximum atomic E-state index is 11.7. The number of carbonyl (C=O) groups excluding carboxylic acids is 1. The summed E-state index contributed by atoms with van der Waals surface area (Å²) in [6.45, 7) is 14.3. The molecule has 0 spiro atoms. The van der Waals surface area contributed by atoms with Crippen LogP contribution in [0.1, 0.15) is 99.3 Å².